The molecule has 0 aromatic heterocycles. The van der Waals surface area contributed by atoms with Crippen molar-refractivity contribution in [3.63, 3.8) is 0 Å². The molecule has 0 aliphatic heterocycles. The number of aliphatic hydroxyl groups is 1. The summed E-state index contributed by atoms with van der Waals surface area (Å²) in [7, 11) is 4.64. The number of amides is 1. The van der Waals surface area contributed by atoms with E-state index in [1.165, 1.54) is 37.3 Å². The first-order chi connectivity index (χ1) is 19.9. The van der Waals surface area contributed by atoms with Gasteiger partial charge in [0.2, 0.25) is 5.91 Å². The predicted octanol–water partition coefficient (Wildman–Crippen LogP) is 1.03. The Morgan fingerprint density at radius 3 is 2.36 bits per heavy atom. The van der Waals surface area contributed by atoms with Crippen molar-refractivity contribution in [1.82, 2.24) is 9.80 Å². The van der Waals surface area contributed by atoms with Gasteiger partial charge in [0, 0.05) is 29.6 Å². The number of likely N-dealkylation sites (N-methyl/N-ethyl adjacent to an activating group) is 1. The van der Waals surface area contributed by atoms with Crippen LogP contribution < -0.4 is 10.5 Å². The van der Waals surface area contributed by atoms with Gasteiger partial charge in [-0.05, 0) is 58.3 Å². The zero-order chi connectivity index (χ0) is 30.7. The lowest BCUT2D eigenvalue weighted by Gasteiger charge is -2.52. The van der Waals surface area contributed by atoms with Crippen LogP contribution in [0.2, 0.25) is 0 Å². The van der Waals surface area contributed by atoms with E-state index in [0.717, 1.165) is 24.9 Å². The van der Waals surface area contributed by atoms with Gasteiger partial charge < -0.3 is 20.7 Å². The molecule has 5 rings (SSSR count). The highest BCUT2D eigenvalue weighted by atomic mass is 16.5. The highest BCUT2D eigenvalue weighted by Gasteiger charge is 2.69. The summed E-state index contributed by atoms with van der Waals surface area (Å²) in [5.74, 6) is -10.1. The minimum atomic E-state index is -2.74. The Balaban J connectivity index is 1.56. The number of primary amides is 1. The molecule has 0 bridgehead atoms. The number of phenols is 1. The van der Waals surface area contributed by atoms with Crippen molar-refractivity contribution in [3.8, 4) is 11.5 Å². The van der Waals surface area contributed by atoms with Crippen molar-refractivity contribution < 1.29 is 38.9 Å². The van der Waals surface area contributed by atoms with Crippen LogP contribution in [0.15, 0.2) is 6.07 Å². The van der Waals surface area contributed by atoms with Gasteiger partial charge in [0.05, 0.1) is 24.6 Å². The van der Waals surface area contributed by atoms with Gasteiger partial charge in [-0.2, -0.15) is 0 Å². The molecule has 228 valence electrons. The molecule has 1 amide bonds. The van der Waals surface area contributed by atoms with E-state index >= 15 is 0 Å². The van der Waals surface area contributed by atoms with E-state index in [4.69, 9.17) is 10.5 Å². The Hall–Kier alpha value is -3.15. The van der Waals surface area contributed by atoms with Crippen LogP contribution >= 0.6 is 0 Å². The van der Waals surface area contributed by atoms with Crippen molar-refractivity contribution in [2.75, 3.05) is 27.7 Å². The third-order valence-electron chi connectivity index (χ3n) is 10.2. The summed E-state index contributed by atoms with van der Waals surface area (Å²) in [4.78, 5) is 70.6. The van der Waals surface area contributed by atoms with Crippen LogP contribution in [0.25, 0.3) is 0 Å². The largest absolute Gasteiger partial charge is 0.507 e. The summed E-state index contributed by atoms with van der Waals surface area (Å²) >= 11 is 0. The molecule has 1 aromatic rings. The summed E-state index contributed by atoms with van der Waals surface area (Å²) in [5.41, 5.74) is 3.81. The number of rotatable bonds is 7. The highest BCUT2D eigenvalue weighted by Crippen LogP contribution is 2.52. The van der Waals surface area contributed by atoms with Gasteiger partial charge in [-0.3, -0.25) is 33.8 Å². The number of nitrogens with two attached hydrogens (primary N) is 1. The fourth-order valence-electron chi connectivity index (χ4n) is 8.25. The molecule has 6 atom stereocenters. The Bertz CT molecular complexity index is 1340. The Labute approximate surface area is 245 Å². The summed E-state index contributed by atoms with van der Waals surface area (Å²) in [6.07, 6.45) is 5.95. The zero-order valence-electron chi connectivity index (χ0n) is 24.7. The van der Waals surface area contributed by atoms with Crippen molar-refractivity contribution in [1.29, 1.82) is 0 Å². The number of nitrogens with zero attached hydrogens (tertiary/aromatic N) is 2. The normalized spacial score (nSPS) is 31.6. The molecule has 0 radical (unpaired) electrons. The van der Waals surface area contributed by atoms with E-state index in [1.807, 2.05) is 0 Å². The average Bonchev–Trinajstić information content (AvgIpc) is 2.93. The van der Waals surface area contributed by atoms with Gasteiger partial charge in [0.1, 0.15) is 11.5 Å². The van der Waals surface area contributed by atoms with Crippen molar-refractivity contribution >= 4 is 29.0 Å². The molecule has 0 spiro atoms. The van der Waals surface area contributed by atoms with E-state index in [1.54, 1.807) is 14.1 Å². The topological polar surface area (TPSA) is 168 Å². The second-order valence-electron chi connectivity index (χ2n) is 12.6. The molecule has 0 heterocycles. The molecule has 3 saturated carbocycles. The smallest absolute Gasteiger partial charge is 0.235 e. The first kappa shape index (κ1) is 30.3. The van der Waals surface area contributed by atoms with E-state index < -0.39 is 64.4 Å². The second kappa shape index (κ2) is 11.2. The van der Waals surface area contributed by atoms with Gasteiger partial charge in [-0.1, -0.05) is 26.2 Å². The number of fused-ring (bicyclic) bond motifs is 3. The van der Waals surface area contributed by atoms with Gasteiger partial charge >= 0.3 is 0 Å². The van der Waals surface area contributed by atoms with Crippen LogP contribution in [0.1, 0.15) is 66.9 Å². The van der Waals surface area contributed by atoms with E-state index in [2.05, 4.69) is 11.8 Å². The number of ketones is 4. The maximum Gasteiger partial charge on any atom is 0.235 e. The van der Waals surface area contributed by atoms with Gasteiger partial charge in [0.25, 0.3) is 0 Å². The molecular weight excluding hydrogens is 542 g/mol. The fourth-order valence-corrected chi connectivity index (χ4v) is 8.25. The number of aromatic hydroxyl groups is 1. The lowest BCUT2D eigenvalue weighted by atomic mass is 9.52. The van der Waals surface area contributed by atoms with E-state index in [9.17, 15) is 34.2 Å². The monoisotopic (exact) mass is 583 g/mol. The van der Waals surface area contributed by atoms with Crippen LogP contribution in [-0.4, -0.2) is 94.5 Å². The first-order valence-electron chi connectivity index (χ1n) is 14.9. The molecular formula is C31H41N3O8. The van der Waals surface area contributed by atoms with Crippen molar-refractivity contribution in [2.45, 2.75) is 76.1 Å². The van der Waals surface area contributed by atoms with Gasteiger partial charge in [-0.25, -0.2) is 0 Å². The molecule has 4 aliphatic carbocycles. The number of hydrogen-bond acceptors (Lipinski definition) is 10. The number of phenolic OH excluding ortho intramolecular Hbond substituents is 1. The Morgan fingerprint density at radius 2 is 1.79 bits per heavy atom. The standard InChI is InChI=1S/C31H41N3O8/c1-5-34(17-9-7-6-8-10-17)14-16-13-20(35)22-18(27(16)42-4)11-15-12-19-24(33(2)3)26(37)23(30(32)40)29(39)31(19,41)28(38)21(15)25(22)36/h13,15,17,19,21,23-24,35,41H,5-12,14H2,1-4H3,(H2,32,40)/t15-,19-,21?,23?,24-,31-/m0/s1. The number of ether oxygens (including phenoxy) is 1. The molecule has 4 N–H and O–H groups in total. The zero-order valence-corrected chi connectivity index (χ0v) is 24.7. The predicted molar refractivity (Wildman–Crippen MR) is 151 cm³/mol. The summed E-state index contributed by atoms with van der Waals surface area (Å²) in [6, 6.07) is 0.795. The first-order valence-corrected chi connectivity index (χ1v) is 14.9. The van der Waals surface area contributed by atoms with Crippen LogP contribution in [-0.2, 0) is 32.1 Å². The molecule has 4 aliphatic rings. The third kappa shape index (κ3) is 4.48. The number of carbonyl (C=O) groups is 5. The summed E-state index contributed by atoms with van der Waals surface area (Å²) < 4.78 is 5.85. The molecule has 2 unspecified atom stereocenters. The van der Waals surface area contributed by atoms with E-state index in [0.29, 0.717) is 23.9 Å². The maximum atomic E-state index is 14.0. The summed E-state index contributed by atoms with van der Waals surface area (Å²) in [6.45, 7) is 3.43. The number of carbonyl (C=O) groups excluding carboxylic acids is 5. The Morgan fingerprint density at radius 1 is 1.12 bits per heavy atom. The minimum absolute atomic E-state index is 0.00119. The lowest BCUT2D eigenvalue weighted by molar-refractivity contribution is -0.181. The quantitative estimate of drug-likeness (QED) is 0.395. The Kier molecular flexibility index (Phi) is 8.06. The van der Waals surface area contributed by atoms with Crippen molar-refractivity contribution in [3.05, 3.63) is 22.8 Å². The third-order valence-corrected chi connectivity index (χ3v) is 10.2. The molecule has 3 fully saturated rings. The van der Waals surface area contributed by atoms with Gasteiger partial charge in [0.15, 0.2) is 34.7 Å². The molecule has 42 heavy (non-hydrogen) atoms. The fraction of sp³-hybridized carbons (Fsp3) is 0.645. The van der Waals surface area contributed by atoms with Crippen LogP contribution in [0, 0.1) is 23.7 Å². The molecule has 11 heteroatoms. The SMILES string of the molecule is CCN(Cc1cc(O)c2c(c1OC)C[C@H]1C[C@H]3[C@H](N(C)C)C(=O)C(C(N)=O)C(=O)[C@@]3(O)C(=O)C1C2=O)C1CCCCC1. The summed E-state index contributed by atoms with van der Waals surface area (Å²) in [5, 5.41) is 22.9. The van der Waals surface area contributed by atoms with Gasteiger partial charge in [-0.15, -0.1) is 0 Å². The molecule has 0 saturated heterocycles. The number of methoxy groups -OCH3 is 1. The lowest BCUT2D eigenvalue weighted by Crippen LogP contribution is -2.74. The average molecular weight is 584 g/mol. The number of benzene rings is 1. The molecule has 1 aromatic carbocycles. The van der Waals surface area contributed by atoms with Crippen molar-refractivity contribution in [2.24, 2.45) is 29.4 Å². The molecule has 11 nitrogen and oxygen atoms in total. The highest BCUT2D eigenvalue weighted by molar-refractivity contribution is 6.32. The van der Waals surface area contributed by atoms with Crippen LogP contribution in [0.3, 0.4) is 0 Å². The number of Topliss-reactive ketones (excluding diaryl/α,β-unsaturated/α-hetero) is 4. The minimum Gasteiger partial charge on any atom is -0.507 e. The number of hydrogen-bond donors (Lipinski definition) is 3. The van der Waals surface area contributed by atoms with Crippen LogP contribution in [0.4, 0.5) is 0 Å². The maximum absolute atomic E-state index is 14.0. The van der Waals surface area contributed by atoms with E-state index in [-0.39, 0.29) is 24.2 Å². The van der Waals surface area contributed by atoms with Crippen LogP contribution in [0.5, 0.6) is 11.5 Å². The second-order valence-corrected chi connectivity index (χ2v) is 12.6.